The third-order valence-corrected chi connectivity index (χ3v) is 13.5. The number of carboxylic acids is 1. The molecule has 4 N–H and O–H groups in total. The van der Waals surface area contributed by atoms with E-state index < -0.39 is 66.0 Å². The number of carbonyl (C=O) groups is 3. The number of halogens is 3. The molecule has 0 spiro atoms. The van der Waals surface area contributed by atoms with Gasteiger partial charge in [0, 0.05) is 86.5 Å². The second-order valence-electron chi connectivity index (χ2n) is 19.7. The van der Waals surface area contributed by atoms with Crippen molar-refractivity contribution < 1.29 is 52.0 Å². The second-order valence-corrected chi connectivity index (χ2v) is 20.6. The number of aliphatic hydroxyl groups excluding tert-OH is 1. The zero-order chi connectivity index (χ0) is 49.3. The molecule has 0 unspecified atom stereocenters. The molecular formula is C48H65F3N8O8S. The number of carbonyl (C=O) groups excluding carboxylic acids is 2. The minimum atomic E-state index is -4.61. The van der Waals surface area contributed by atoms with E-state index in [0.717, 1.165) is 43.2 Å². The molecule has 4 aromatic rings. The summed E-state index contributed by atoms with van der Waals surface area (Å²) in [5.74, 6) is -1.78. The fourth-order valence-electron chi connectivity index (χ4n) is 9.03. The molecule has 2 aliphatic heterocycles. The number of hydrazine groups is 1. The van der Waals surface area contributed by atoms with Crippen LogP contribution in [0.5, 0.6) is 0 Å². The SMILES string of the molecule is CCO[C@H](c1nc(-c2ccc3c(c2)c(CC(C)(C)CO)c(-c2cc(N4CCN(C5CC5)CC4)cnc2[C@H](C)OC)n3CC(F)(F)F)cs1)[C@H](NC(=O)OC(C)(C)C)C(=O)N1CCC[C@@H](C(=O)O)N1. The average Bonchev–Trinajstić information content (AvgIpc) is 3.96. The van der Waals surface area contributed by atoms with Gasteiger partial charge in [-0.15, -0.1) is 11.3 Å². The Kier molecular flexibility index (Phi) is 15.5. The number of hydrogen-bond acceptors (Lipinski definition) is 13. The summed E-state index contributed by atoms with van der Waals surface area (Å²) in [5.41, 5.74) is 5.13. The molecule has 20 heteroatoms. The Balaban J connectivity index is 1.34. The number of pyridine rings is 1. The van der Waals surface area contributed by atoms with E-state index in [-0.39, 0.29) is 26.2 Å². The molecule has 3 aliphatic rings. The van der Waals surface area contributed by atoms with Crippen molar-refractivity contribution in [2.45, 2.75) is 129 Å². The van der Waals surface area contributed by atoms with Gasteiger partial charge in [-0.25, -0.2) is 15.2 Å². The lowest BCUT2D eigenvalue weighted by Crippen LogP contribution is -2.61. The number of piperazine rings is 1. The summed E-state index contributed by atoms with van der Waals surface area (Å²) in [4.78, 5) is 54.1. The Labute approximate surface area is 399 Å². The van der Waals surface area contributed by atoms with Crippen molar-refractivity contribution in [2.75, 3.05) is 57.9 Å². The van der Waals surface area contributed by atoms with E-state index in [1.54, 1.807) is 51.4 Å². The molecule has 16 nitrogen and oxygen atoms in total. The molecule has 4 atom stereocenters. The van der Waals surface area contributed by atoms with E-state index >= 15 is 0 Å². The Bertz CT molecular complexity index is 2440. The second kappa shape index (κ2) is 20.6. The van der Waals surface area contributed by atoms with E-state index in [0.29, 0.717) is 68.6 Å². The minimum Gasteiger partial charge on any atom is -0.480 e. The molecule has 3 aromatic heterocycles. The van der Waals surface area contributed by atoms with Gasteiger partial charge < -0.3 is 39.2 Å². The number of aliphatic carboxylic acids is 1. The first kappa shape index (κ1) is 51.0. The number of aromatic nitrogens is 3. The molecule has 2 saturated heterocycles. The standard InChI is InChI=1S/C48H65F3N8O8S/c1-9-66-41(39(54-45(64)67-46(3,4)5)43(61)59-16-10-11-35(55-59)44(62)63)42-53-36(25-68-42)29-12-15-37-32(21-29)34(23-47(6,7)27-60)40(58(37)26-48(49,50)51)33-22-31(24-52-38(33)28(2)65-8)57-19-17-56(18-20-57)30-13-14-30/h12,15,21-22,24-25,28,30,35,39,41,55,60H,9-11,13-14,16-20,23,26-27H2,1-8H3,(H,54,64)(H,62,63)/t28-,35-,39-,41-/m0/s1. The van der Waals surface area contributed by atoms with Crippen LogP contribution >= 0.6 is 11.3 Å². The summed E-state index contributed by atoms with van der Waals surface area (Å²) in [6, 6.07) is 5.29. The number of alkyl halides is 3. The Hall–Kier alpha value is -4.86. The summed E-state index contributed by atoms with van der Waals surface area (Å²) in [5, 5.41) is 26.8. The minimum absolute atomic E-state index is 0.104. The lowest BCUT2D eigenvalue weighted by Gasteiger charge is -2.36. The van der Waals surface area contributed by atoms with Gasteiger partial charge in [-0.3, -0.25) is 24.5 Å². The number of methoxy groups -OCH3 is 1. The van der Waals surface area contributed by atoms with Gasteiger partial charge >= 0.3 is 18.2 Å². The summed E-state index contributed by atoms with van der Waals surface area (Å²) < 4.78 is 63.5. The van der Waals surface area contributed by atoms with Crippen LogP contribution in [0.2, 0.25) is 0 Å². The Morgan fingerprint density at radius 1 is 1.03 bits per heavy atom. The first-order chi connectivity index (χ1) is 32.1. The highest BCUT2D eigenvalue weighted by Crippen LogP contribution is 2.44. The summed E-state index contributed by atoms with van der Waals surface area (Å²) >= 11 is 1.16. The monoisotopic (exact) mass is 970 g/mol. The highest BCUT2D eigenvalue weighted by molar-refractivity contribution is 7.10. The number of fused-ring (bicyclic) bond motifs is 1. The molecule has 3 fully saturated rings. The zero-order valence-corrected chi connectivity index (χ0v) is 40.9. The van der Waals surface area contributed by atoms with Crippen LogP contribution < -0.4 is 15.6 Å². The van der Waals surface area contributed by atoms with Crippen molar-refractivity contribution >= 4 is 45.9 Å². The van der Waals surface area contributed by atoms with E-state index in [9.17, 15) is 37.8 Å². The van der Waals surface area contributed by atoms with E-state index in [4.69, 9.17) is 24.2 Å². The molecule has 1 saturated carbocycles. The number of carboxylic acid groups (broad SMARTS) is 1. The maximum Gasteiger partial charge on any atom is 0.408 e. The molecule has 68 heavy (non-hydrogen) atoms. The molecule has 1 aromatic carbocycles. The lowest BCUT2D eigenvalue weighted by molar-refractivity contribution is -0.150. The third-order valence-electron chi connectivity index (χ3n) is 12.6. The maximum atomic E-state index is 14.9. The third kappa shape index (κ3) is 11.9. The molecule has 1 aliphatic carbocycles. The van der Waals surface area contributed by atoms with Crippen molar-refractivity contribution in [1.29, 1.82) is 0 Å². The molecule has 2 amide bonds. The Morgan fingerprint density at radius 2 is 1.75 bits per heavy atom. The number of rotatable bonds is 17. The maximum absolute atomic E-state index is 14.9. The smallest absolute Gasteiger partial charge is 0.408 e. The van der Waals surface area contributed by atoms with Crippen LogP contribution in [-0.2, 0) is 36.8 Å². The first-order valence-electron chi connectivity index (χ1n) is 23.3. The van der Waals surface area contributed by atoms with E-state index in [2.05, 4.69) is 20.5 Å². The lowest BCUT2D eigenvalue weighted by atomic mass is 9.84. The number of benzene rings is 1. The van der Waals surface area contributed by atoms with Gasteiger partial charge in [-0.2, -0.15) is 13.2 Å². The highest BCUT2D eigenvalue weighted by Gasteiger charge is 2.41. The van der Waals surface area contributed by atoms with Gasteiger partial charge in [0.25, 0.3) is 5.91 Å². The van der Waals surface area contributed by atoms with Gasteiger partial charge in [0.2, 0.25) is 0 Å². The molecule has 7 rings (SSSR count). The molecule has 0 bridgehead atoms. The van der Waals surface area contributed by atoms with Gasteiger partial charge in [-0.05, 0) is 95.9 Å². The average molecular weight is 971 g/mol. The first-order valence-corrected chi connectivity index (χ1v) is 24.2. The molecule has 5 heterocycles. The molecule has 0 radical (unpaired) electrons. The van der Waals surface area contributed by atoms with E-state index in [1.165, 1.54) is 29.5 Å². The van der Waals surface area contributed by atoms with Crippen LogP contribution in [-0.4, -0.2) is 136 Å². The topological polar surface area (TPSA) is 184 Å². The van der Waals surface area contributed by atoms with Gasteiger partial charge in [-0.1, -0.05) is 19.9 Å². The fraction of sp³-hybridized carbons (Fsp3) is 0.604. The normalized spacial score (nSPS) is 19.0. The number of anilines is 1. The predicted molar refractivity (Wildman–Crippen MR) is 252 cm³/mol. The van der Waals surface area contributed by atoms with Crippen molar-refractivity contribution in [1.82, 2.24) is 35.2 Å². The van der Waals surface area contributed by atoms with Crippen LogP contribution in [0.25, 0.3) is 33.4 Å². The van der Waals surface area contributed by atoms with Crippen LogP contribution in [0, 0.1) is 5.41 Å². The Morgan fingerprint density at radius 3 is 2.37 bits per heavy atom. The number of nitrogens with zero attached hydrogens (tertiary/aromatic N) is 6. The van der Waals surface area contributed by atoms with Crippen LogP contribution in [0.1, 0.15) is 103 Å². The number of alkyl carbamates (subject to hydrolysis) is 1. The van der Waals surface area contributed by atoms with Crippen molar-refractivity contribution in [3.8, 4) is 22.5 Å². The highest BCUT2D eigenvalue weighted by atomic mass is 32.1. The van der Waals surface area contributed by atoms with Crippen LogP contribution in [0.3, 0.4) is 0 Å². The van der Waals surface area contributed by atoms with Gasteiger partial charge in [0.1, 0.15) is 35.3 Å². The fourth-order valence-corrected chi connectivity index (χ4v) is 9.94. The van der Waals surface area contributed by atoms with Crippen molar-refractivity contribution in [2.24, 2.45) is 5.41 Å². The van der Waals surface area contributed by atoms with Crippen LogP contribution in [0.15, 0.2) is 35.8 Å². The van der Waals surface area contributed by atoms with E-state index in [1.807, 2.05) is 32.9 Å². The zero-order valence-electron chi connectivity index (χ0n) is 40.1. The number of ether oxygens (including phenoxy) is 3. The van der Waals surface area contributed by atoms with Crippen molar-refractivity contribution in [3.05, 3.63) is 52.1 Å². The number of thiazole rings is 1. The van der Waals surface area contributed by atoms with Gasteiger partial charge in [0.05, 0.1) is 35.1 Å². The largest absolute Gasteiger partial charge is 0.480 e. The summed E-state index contributed by atoms with van der Waals surface area (Å²) in [6.07, 6.45) is -2.16. The molecule has 372 valence electrons. The van der Waals surface area contributed by atoms with Crippen molar-refractivity contribution in [3.63, 3.8) is 0 Å². The number of amides is 2. The number of nitrogens with one attached hydrogen (secondary N) is 2. The number of aliphatic hydroxyl groups is 1. The molecular weight excluding hydrogens is 906 g/mol. The summed E-state index contributed by atoms with van der Waals surface area (Å²) in [6.45, 7) is 14.3. The van der Waals surface area contributed by atoms with Crippen LogP contribution in [0.4, 0.5) is 23.7 Å². The number of hydrogen-bond donors (Lipinski definition) is 4. The summed E-state index contributed by atoms with van der Waals surface area (Å²) in [7, 11) is 1.54. The quantitative estimate of drug-likeness (QED) is 0.0817. The predicted octanol–water partition coefficient (Wildman–Crippen LogP) is 7.49. The van der Waals surface area contributed by atoms with Gasteiger partial charge in [0.15, 0.2) is 0 Å².